The van der Waals surface area contributed by atoms with Crippen LogP contribution >= 0.6 is 0 Å². The number of rotatable bonds is 5. The fourth-order valence-electron chi connectivity index (χ4n) is 1.59. The van der Waals surface area contributed by atoms with Gasteiger partial charge in [-0.3, -0.25) is 4.79 Å². The highest BCUT2D eigenvalue weighted by Crippen LogP contribution is 2.12. The van der Waals surface area contributed by atoms with E-state index in [0.29, 0.717) is 11.6 Å². The van der Waals surface area contributed by atoms with Gasteiger partial charge in [0.25, 0.3) is 10.0 Å². The summed E-state index contributed by atoms with van der Waals surface area (Å²) in [6.45, 7) is 2.96. The molecule has 0 aliphatic carbocycles. The van der Waals surface area contributed by atoms with Crippen molar-refractivity contribution in [2.24, 2.45) is 0 Å². The largest absolute Gasteiger partial charge is 0.360 e. The molecule has 0 aliphatic rings. The number of anilines is 1. The Morgan fingerprint density at radius 1 is 1.48 bits per heavy atom. The average Bonchev–Trinajstić information content (AvgIpc) is 2.98. The fraction of sp³-hybridized carbons (Fsp3) is 0.364. The van der Waals surface area contributed by atoms with E-state index < -0.39 is 15.9 Å². The third-order valence-electron chi connectivity index (χ3n) is 2.63. The van der Waals surface area contributed by atoms with Gasteiger partial charge in [0, 0.05) is 13.1 Å². The van der Waals surface area contributed by atoms with Crippen molar-refractivity contribution in [2.45, 2.75) is 18.9 Å². The normalized spacial score (nSPS) is 11.8. The molecule has 10 heteroatoms. The predicted molar refractivity (Wildman–Crippen MR) is 73.0 cm³/mol. The van der Waals surface area contributed by atoms with Gasteiger partial charge in [-0.1, -0.05) is 5.16 Å². The van der Waals surface area contributed by atoms with E-state index in [-0.39, 0.29) is 17.4 Å². The molecule has 9 nitrogen and oxygen atoms in total. The van der Waals surface area contributed by atoms with Gasteiger partial charge in [0.05, 0.1) is 12.7 Å². The van der Waals surface area contributed by atoms with Gasteiger partial charge in [-0.15, -0.1) is 0 Å². The van der Waals surface area contributed by atoms with Crippen LogP contribution in [0.5, 0.6) is 0 Å². The van der Waals surface area contributed by atoms with Gasteiger partial charge in [-0.25, -0.2) is 13.4 Å². The SMILES string of the molecule is Cc1ncc(S(=O)(=O)N(C)CC(=O)Nc2cc(C)on2)[nH]1. The van der Waals surface area contributed by atoms with Gasteiger partial charge in [-0.05, 0) is 13.8 Å². The van der Waals surface area contributed by atoms with Crippen molar-refractivity contribution < 1.29 is 17.7 Å². The molecule has 0 spiro atoms. The highest BCUT2D eigenvalue weighted by molar-refractivity contribution is 7.89. The topological polar surface area (TPSA) is 121 Å². The maximum absolute atomic E-state index is 12.2. The van der Waals surface area contributed by atoms with Gasteiger partial charge in [-0.2, -0.15) is 4.31 Å². The molecule has 2 aromatic rings. The zero-order valence-electron chi connectivity index (χ0n) is 11.7. The number of nitrogens with one attached hydrogen (secondary N) is 2. The number of carbonyl (C=O) groups excluding carboxylic acids is 1. The summed E-state index contributed by atoms with van der Waals surface area (Å²) in [7, 11) is -2.48. The Hall–Kier alpha value is -2.20. The molecule has 0 saturated heterocycles. The molecule has 0 aromatic carbocycles. The summed E-state index contributed by atoms with van der Waals surface area (Å²) in [5.41, 5.74) is 0. The minimum Gasteiger partial charge on any atom is -0.360 e. The van der Waals surface area contributed by atoms with E-state index >= 15 is 0 Å². The molecule has 2 aromatic heterocycles. The Balaban J connectivity index is 2.03. The standard InChI is InChI=1S/C11H15N5O4S/c1-7-4-9(15-20-7)14-10(17)6-16(3)21(18,19)11-5-12-8(2)13-11/h4-5H,6H2,1-3H3,(H,12,13)(H,14,15,17). The number of sulfonamides is 1. The molecule has 2 rings (SSSR count). The molecular weight excluding hydrogens is 298 g/mol. The number of amides is 1. The summed E-state index contributed by atoms with van der Waals surface area (Å²) < 4.78 is 30.1. The van der Waals surface area contributed by atoms with Crippen molar-refractivity contribution in [1.29, 1.82) is 0 Å². The Morgan fingerprint density at radius 3 is 2.71 bits per heavy atom. The van der Waals surface area contributed by atoms with Crippen LogP contribution < -0.4 is 5.32 Å². The number of H-pyrrole nitrogens is 1. The second kappa shape index (κ2) is 5.66. The van der Waals surface area contributed by atoms with Crippen molar-refractivity contribution in [2.75, 3.05) is 18.9 Å². The zero-order chi connectivity index (χ0) is 15.6. The lowest BCUT2D eigenvalue weighted by Gasteiger charge is -2.14. The van der Waals surface area contributed by atoms with Crippen molar-refractivity contribution in [3.05, 3.63) is 23.8 Å². The minimum atomic E-state index is -3.79. The number of imidazole rings is 1. The van der Waals surface area contributed by atoms with Crippen LogP contribution in [0, 0.1) is 13.8 Å². The molecule has 2 heterocycles. The molecule has 1 amide bonds. The zero-order valence-corrected chi connectivity index (χ0v) is 12.6. The lowest BCUT2D eigenvalue weighted by Crippen LogP contribution is -2.35. The highest BCUT2D eigenvalue weighted by atomic mass is 32.2. The van der Waals surface area contributed by atoms with Crippen molar-refractivity contribution >= 4 is 21.7 Å². The van der Waals surface area contributed by atoms with Crippen LogP contribution in [0.1, 0.15) is 11.6 Å². The van der Waals surface area contributed by atoms with Gasteiger partial charge in [0.2, 0.25) is 5.91 Å². The number of aromatic nitrogens is 3. The summed E-state index contributed by atoms with van der Waals surface area (Å²) in [6, 6.07) is 1.53. The van der Waals surface area contributed by atoms with Crippen molar-refractivity contribution in [1.82, 2.24) is 19.4 Å². The molecule has 114 valence electrons. The first-order valence-electron chi connectivity index (χ1n) is 6.00. The number of carbonyl (C=O) groups is 1. The Kier molecular flexibility index (Phi) is 4.09. The van der Waals surface area contributed by atoms with E-state index in [0.717, 1.165) is 4.31 Å². The molecule has 21 heavy (non-hydrogen) atoms. The molecular formula is C11H15N5O4S. The second-order valence-electron chi connectivity index (χ2n) is 4.46. The molecule has 0 saturated carbocycles. The smallest absolute Gasteiger partial charge is 0.260 e. The molecule has 0 fully saturated rings. The fourth-order valence-corrected chi connectivity index (χ4v) is 2.68. The Morgan fingerprint density at radius 2 is 2.19 bits per heavy atom. The van der Waals surface area contributed by atoms with Crippen LogP contribution in [0.25, 0.3) is 0 Å². The van der Waals surface area contributed by atoms with E-state index in [1.165, 1.54) is 19.3 Å². The van der Waals surface area contributed by atoms with Crippen LogP contribution in [0.2, 0.25) is 0 Å². The molecule has 0 atom stereocenters. The molecule has 0 bridgehead atoms. The quantitative estimate of drug-likeness (QED) is 0.817. The number of aryl methyl sites for hydroxylation is 2. The summed E-state index contributed by atoms with van der Waals surface area (Å²) in [4.78, 5) is 18.2. The van der Waals surface area contributed by atoms with Gasteiger partial charge in [0.1, 0.15) is 11.6 Å². The molecule has 2 N–H and O–H groups in total. The number of aromatic amines is 1. The lowest BCUT2D eigenvalue weighted by molar-refractivity contribution is -0.116. The highest BCUT2D eigenvalue weighted by Gasteiger charge is 2.25. The van der Waals surface area contributed by atoms with E-state index in [1.54, 1.807) is 13.8 Å². The second-order valence-corrected chi connectivity index (χ2v) is 6.48. The Labute approximate surface area is 121 Å². The van der Waals surface area contributed by atoms with E-state index in [1.807, 2.05) is 0 Å². The third kappa shape index (κ3) is 3.47. The Bertz CT molecular complexity index is 748. The van der Waals surface area contributed by atoms with Gasteiger partial charge in [0.15, 0.2) is 10.8 Å². The number of hydrogen-bond acceptors (Lipinski definition) is 6. The molecule has 0 aliphatic heterocycles. The average molecular weight is 313 g/mol. The van der Waals surface area contributed by atoms with Crippen LogP contribution in [0.15, 0.2) is 21.8 Å². The monoisotopic (exact) mass is 313 g/mol. The first kappa shape index (κ1) is 15.2. The third-order valence-corrected chi connectivity index (χ3v) is 4.34. The first-order chi connectivity index (χ1) is 9.79. The first-order valence-corrected chi connectivity index (χ1v) is 7.44. The van der Waals surface area contributed by atoms with E-state index in [2.05, 4.69) is 20.4 Å². The molecule has 0 unspecified atom stereocenters. The van der Waals surface area contributed by atoms with Crippen LogP contribution in [0.3, 0.4) is 0 Å². The number of likely N-dealkylation sites (N-methyl/N-ethyl adjacent to an activating group) is 1. The maximum atomic E-state index is 12.2. The van der Waals surface area contributed by atoms with Crippen molar-refractivity contribution in [3.63, 3.8) is 0 Å². The minimum absolute atomic E-state index is 0.0624. The van der Waals surface area contributed by atoms with E-state index in [9.17, 15) is 13.2 Å². The summed E-state index contributed by atoms with van der Waals surface area (Å²) in [5.74, 6) is 0.731. The maximum Gasteiger partial charge on any atom is 0.260 e. The predicted octanol–water partition coefficient (Wildman–Crippen LogP) is 0.274. The summed E-state index contributed by atoms with van der Waals surface area (Å²) in [6.07, 6.45) is 1.21. The van der Waals surface area contributed by atoms with Crippen LogP contribution in [-0.4, -0.2) is 47.3 Å². The summed E-state index contributed by atoms with van der Waals surface area (Å²) in [5, 5.41) is 5.98. The lowest BCUT2D eigenvalue weighted by atomic mass is 10.5. The number of hydrogen-bond donors (Lipinski definition) is 2. The van der Waals surface area contributed by atoms with Crippen LogP contribution in [-0.2, 0) is 14.8 Å². The molecule has 0 radical (unpaired) electrons. The van der Waals surface area contributed by atoms with Gasteiger partial charge < -0.3 is 14.8 Å². The van der Waals surface area contributed by atoms with Crippen LogP contribution in [0.4, 0.5) is 5.82 Å². The van der Waals surface area contributed by atoms with E-state index in [4.69, 9.17) is 4.52 Å². The van der Waals surface area contributed by atoms with Crippen molar-refractivity contribution in [3.8, 4) is 0 Å². The number of nitrogens with zero attached hydrogens (tertiary/aromatic N) is 3. The van der Waals surface area contributed by atoms with Gasteiger partial charge >= 0.3 is 0 Å². The summed E-state index contributed by atoms with van der Waals surface area (Å²) >= 11 is 0.